The van der Waals surface area contributed by atoms with Gasteiger partial charge >= 0.3 is 0 Å². The molecule has 0 aliphatic heterocycles. The van der Waals surface area contributed by atoms with E-state index in [1.165, 1.54) is 0 Å². The maximum atomic E-state index is 6.23. The maximum absolute atomic E-state index is 6.23. The Morgan fingerprint density at radius 3 is 2.61 bits per heavy atom. The van der Waals surface area contributed by atoms with Crippen LogP contribution in [0.5, 0.6) is 11.5 Å². The molecule has 1 aromatic heterocycles. The number of hydrogen-bond donors (Lipinski definition) is 1. The topological polar surface area (TPSA) is 43.4 Å². The molecule has 0 amide bonds. The quantitative estimate of drug-likeness (QED) is 0.440. The summed E-state index contributed by atoms with van der Waals surface area (Å²) < 4.78 is 12.7. The van der Waals surface area contributed by atoms with Crippen molar-refractivity contribution in [2.45, 2.75) is 26.6 Å². The van der Waals surface area contributed by atoms with E-state index in [4.69, 9.17) is 21.1 Å². The van der Waals surface area contributed by atoms with E-state index < -0.39 is 0 Å². The highest BCUT2D eigenvalue weighted by atomic mass is 79.9. The van der Waals surface area contributed by atoms with Crippen LogP contribution in [0, 0.1) is 0 Å². The van der Waals surface area contributed by atoms with Crippen molar-refractivity contribution in [2.24, 2.45) is 0 Å². The van der Waals surface area contributed by atoms with Gasteiger partial charge in [-0.05, 0) is 58.7 Å². The third-order valence-corrected chi connectivity index (χ3v) is 5.02. The van der Waals surface area contributed by atoms with E-state index in [9.17, 15) is 0 Å². The highest BCUT2D eigenvalue weighted by Crippen LogP contribution is 2.37. The number of aromatic nitrogens is 1. The van der Waals surface area contributed by atoms with Crippen LogP contribution in [0.1, 0.15) is 23.7 Å². The summed E-state index contributed by atoms with van der Waals surface area (Å²) in [6, 6.07) is 17.6. The number of nitrogens with one attached hydrogen (secondary N) is 1. The fourth-order valence-electron chi connectivity index (χ4n) is 2.73. The molecule has 146 valence electrons. The summed E-state index contributed by atoms with van der Waals surface area (Å²) in [5, 5.41) is 4.09. The van der Waals surface area contributed by atoms with Gasteiger partial charge in [-0.25, -0.2) is 0 Å². The minimum Gasteiger partial charge on any atom is -0.490 e. The van der Waals surface area contributed by atoms with Gasteiger partial charge in [0, 0.05) is 29.9 Å². The molecule has 4 nitrogen and oxygen atoms in total. The molecule has 6 heteroatoms. The SMILES string of the molecule is CCOc1cc(CNCc2ccccn2)cc(Br)c1OCc1ccccc1Cl. The second-order valence-electron chi connectivity index (χ2n) is 6.14. The molecule has 0 spiro atoms. The highest BCUT2D eigenvalue weighted by Gasteiger charge is 2.13. The molecule has 0 aliphatic rings. The van der Waals surface area contributed by atoms with Crippen LogP contribution in [0.25, 0.3) is 0 Å². The number of benzene rings is 2. The second kappa shape index (κ2) is 10.5. The second-order valence-corrected chi connectivity index (χ2v) is 7.40. The molecule has 1 heterocycles. The van der Waals surface area contributed by atoms with Gasteiger partial charge in [-0.3, -0.25) is 4.98 Å². The van der Waals surface area contributed by atoms with Crippen LogP contribution in [0.4, 0.5) is 0 Å². The molecule has 0 saturated heterocycles. The lowest BCUT2D eigenvalue weighted by Gasteiger charge is -2.16. The Morgan fingerprint density at radius 2 is 1.86 bits per heavy atom. The lowest BCUT2D eigenvalue weighted by atomic mass is 10.2. The summed E-state index contributed by atoms with van der Waals surface area (Å²) in [6.45, 7) is 4.28. The van der Waals surface area contributed by atoms with Crippen LogP contribution in [0.2, 0.25) is 5.02 Å². The Balaban J connectivity index is 1.69. The fourth-order valence-corrected chi connectivity index (χ4v) is 3.52. The van der Waals surface area contributed by atoms with E-state index in [-0.39, 0.29) is 0 Å². The van der Waals surface area contributed by atoms with Gasteiger partial charge in [-0.15, -0.1) is 0 Å². The van der Waals surface area contributed by atoms with Crippen LogP contribution < -0.4 is 14.8 Å². The Hall–Kier alpha value is -2.08. The van der Waals surface area contributed by atoms with Gasteiger partial charge in [0.2, 0.25) is 0 Å². The normalized spacial score (nSPS) is 10.7. The van der Waals surface area contributed by atoms with E-state index in [0.29, 0.717) is 42.8 Å². The molecule has 0 fully saturated rings. The van der Waals surface area contributed by atoms with Gasteiger partial charge in [0.1, 0.15) is 6.61 Å². The van der Waals surface area contributed by atoms with Gasteiger partial charge in [0.05, 0.1) is 16.8 Å². The average Bonchev–Trinajstić information content (AvgIpc) is 2.70. The first-order valence-corrected chi connectivity index (χ1v) is 10.3. The minimum absolute atomic E-state index is 0.371. The van der Waals surface area contributed by atoms with Crippen LogP contribution >= 0.6 is 27.5 Å². The third-order valence-electron chi connectivity index (χ3n) is 4.06. The van der Waals surface area contributed by atoms with E-state index in [1.807, 2.05) is 61.5 Å². The maximum Gasteiger partial charge on any atom is 0.175 e. The third kappa shape index (κ3) is 5.71. The largest absolute Gasteiger partial charge is 0.490 e. The van der Waals surface area contributed by atoms with Crippen LogP contribution in [-0.2, 0) is 19.7 Å². The number of rotatable bonds is 9. The Kier molecular flexibility index (Phi) is 7.71. The van der Waals surface area contributed by atoms with Gasteiger partial charge in [0.15, 0.2) is 11.5 Å². The average molecular weight is 462 g/mol. The van der Waals surface area contributed by atoms with Crippen molar-refractivity contribution in [3.8, 4) is 11.5 Å². The summed E-state index contributed by atoms with van der Waals surface area (Å²) in [7, 11) is 0. The zero-order chi connectivity index (χ0) is 19.8. The lowest BCUT2D eigenvalue weighted by molar-refractivity contribution is 0.267. The Bertz CT molecular complexity index is 906. The molecule has 3 rings (SSSR count). The molecule has 2 aromatic carbocycles. The number of pyridine rings is 1. The molecule has 1 N–H and O–H groups in total. The summed E-state index contributed by atoms with van der Waals surface area (Å²) >= 11 is 9.85. The molecule has 28 heavy (non-hydrogen) atoms. The van der Waals surface area contributed by atoms with Crippen LogP contribution in [0.15, 0.2) is 65.3 Å². The van der Waals surface area contributed by atoms with Crippen molar-refractivity contribution in [1.29, 1.82) is 0 Å². The highest BCUT2D eigenvalue weighted by molar-refractivity contribution is 9.10. The fraction of sp³-hybridized carbons (Fsp3) is 0.227. The lowest BCUT2D eigenvalue weighted by Crippen LogP contribution is -2.14. The van der Waals surface area contributed by atoms with Crippen molar-refractivity contribution in [3.63, 3.8) is 0 Å². The Labute approximate surface area is 179 Å². The predicted octanol–water partition coefficient (Wildman–Crippen LogP) is 5.77. The monoisotopic (exact) mass is 460 g/mol. The molecule has 0 unspecified atom stereocenters. The molecular weight excluding hydrogens is 440 g/mol. The molecule has 0 atom stereocenters. The van der Waals surface area contributed by atoms with Crippen molar-refractivity contribution in [3.05, 3.63) is 87.1 Å². The summed E-state index contributed by atoms with van der Waals surface area (Å²) in [4.78, 5) is 4.32. The molecular formula is C22H22BrClN2O2. The van der Waals surface area contributed by atoms with Crippen molar-refractivity contribution < 1.29 is 9.47 Å². The first kappa shape index (κ1) is 20.6. The zero-order valence-corrected chi connectivity index (χ0v) is 18.0. The van der Waals surface area contributed by atoms with E-state index in [2.05, 4.69) is 26.2 Å². The first-order valence-electron chi connectivity index (χ1n) is 9.09. The first-order chi connectivity index (χ1) is 13.7. The van der Waals surface area contributed by atoms with Crippen molar-refractivity contribution >= 4 is 27.5 Å². The van der Waals surface area contributed by atoms with Crippen LogP contribution in [0.3, 0.4) is 0 Å². The van der Waals surface area contributed by atoms with Gasteiger partial charge in [0.25, 0.3) is 0 Å². The summed E-state index contributed by atoms with van der Waals surface area (Å²) in [6.07, 6.45) is 1.80. The Morgan fingerprint density at radius 1 is 1.04 bits per heavy atom. The molecule has 0 bridgehead atoms. The molecule has 0 aliphatic carbocycles. The van der Waals surface area contributed by atoms with Crippen molar-refractivity contribution in [1.82, 2.24) is 10.3 Å². The number of halogens is 2. The van der Waals surface area contributed by atoms with Gasteiger partial charge < -0.3 is 14.8 Å². The molecule has 0 saturated carbocycles. The van der Waals surface area contributed by atoms with E-state index in [0.717, 1.165) is 21.3 Å². The van der Waals surface area contributed by atoms with E-state index in [1.54, 1.807) is 6.20 Å². The van der Waals surface area contributed by atoms with E-state index >= 15 is 0 Å². The zero-order valence-electron chi connectivity index (χ0n) is 15.6. The minimum atomic E-state index is 0.371. The van der Waals surface area contributed by atoms with Crippen LogP contribution in [-0.4, -0.2) is 11.6 Å². The summed E-state index contributed by atoms with van der Waals surface area (Å²) in [5.74, 6) is 1.38. The standard InChI is InChI=1S/C22H22BrClN2O2/c1-2-27-21-12-16(13-25-14-18-8-5-6-10-26-18)11-19(23)22(21)28-15-17-7-3-4-9-20(17)24/h3-12,25H,2,13-15H2,1H3. The molecule has 3 aromatic rings. The molecule has 0 radical (unpaired) electrons. The number of hydrogen-bond acceptors (Lipinski definition) is 4. The van der Waals surface area contributed by atoms with Gasteiger partial charge in [-0.1, -0.05) is 35.9 Å². The summed E-state index contributed by atoms with van der Waals surface area (Å²) in [5.41, 5.74) is 3.03. The van der Waals surface area contributed by atoms with Gasteiger partial charge in [-0.2, -0.15) is 0 Å². The van der Waals surface area contributed by atoms with Crippen molar-refractivity contribution in [2.75, 3.05) is 6.61 Å². The number of nitrogens with zero attached hydrogens (tertiary/aromatic N) is 1. The smallest absolute Gasteiger partial charge is 0.175 e. The predicted molar refractivity (Wildman–Crippen MR) is 116 cm³/mol. The number of ether oxygens (including phenoxy) is 2.